The number of nitrogens with zero attached hydrogens (tertiary/aromatic N) is 2. The van der Waals surface area contributed by atoms with Crippen LogP contribution in [-0.2, 0) is 14.2 Å². The highest BCUT2D eigenvalue weighted by atomic mass is 16.7. The summed E-state index contributed by atoms with van der Waals surface area (Å²) in [6, 6.07) is 1.53. The molecule has 7 heteroatoms. The van der Waals surface area contributed by atoms with E-state index >= 15 is 0 Å². The first-order valence-corrected chi connectivity index (χ1v) is 5.51. The average Bonchev–Trinajstić information content (AvgIpc) is 2.78. The zero-order chi connectivity index (χ0) is 13.0. The van der Waals surface area contributed by atoms with Gasteiger partial charge >= 0.3 is 5.69 Å². The number of hydrogen-bond acceptors (Lipinski definition) is 6. The molecule has 0 spiro atoms. The van der Waals surface area contributed by atoms with Crippen LogP contribution in [0.15, 0.2) is 29.7 Å². The third-order valence-corrected chi connectivity index (χ3v) is 2.38. The molecular weight excluding hydrogens is 238 g/mol. The van der Waals surface area contributed by atoms with Gasteiger partial charge in [-0.05, 0) is 6.07 Å². The van der Waals surface area contributed by atoms with Gasteiger partial charge in [0.05, 0.1) is 19.8 Å². The highest BCUT2D eigenvalue weighted by molar-refractivity contribution is 5.23. The number of nitrogens with two attached hydrogens (primary N) is 1. The number of nitrogen functional groups attached to an aromatic ring is 1. The zero-order valence-corrected chi connectivity index (χ0v) is 9.82. The molecule has 0 bridgehead atoms. The fraction of sp³-hybridized carbons (Fsp3) is 0.455. The van der Waals surface area contributed by atoms with Gasteiger partial charge in [0.1, 0.15) is 5.82 Å². The maximum Gasteiger partial charge on any atom is 0.351 e. The van der Waals surface area contributed by atoms with Gasteiger partial charge in [-0.3, -0.25) is 4.57 Å². The van der Waals surface area contributed by atoms with E-state index in [1.54, 1.807) is 6.08 Å². The van der Waals surface area contributed by atoms with Crippen molar-refractivity contribution in [2.24, 2.45) is 0 Å². The number of anilines is 1. The van der Waals surface area contributed by atoms with Crippen LogP contribution in [0.5, 0.6) is 0 Å². The molecule has 0 amide bonds. The molecule has 1 saturated heterocycles. The minimum absolute atomic E-state index is 0.182. The van der Waals surface area contributed by atoms with Crippen molar-refractivity contribution in [1.29, 1.82) is 0 Å². The Morgan fingerprint density at radius 3 is 3.28 bits per heavy atom. The van der Waals surface area contributed by atoms with Gasteiger partial charge < -0.3 is 19.9 Å². The summed E-state index contributed by atoms with van der Waals surface area (Å²) in [5.74, 6) is 0.182. The van der Waals surface area contributed by atoms with Crippen LogP contribution in [0.4, 0.5) is 5.82 Å². The van der Waals surface area contributed by atoms with Crippen LogP contribution in [0.25, 0.3) is 0 Å². The Bertz CT molecular complexity index is 474. The summed E-state index contributed by atoms with van der Waals surface area (Å²) in [4.78, 5) is 15.2. The van der Waals surface area contributed by atoms with E-state index < -0.39 is 18.2 Å². The van der Waals surface area contributed by atoms with Crippen LogP contribution >= 0.6 is 0 Å². The van der Waals surface area contributed by atoms with E-state index in [2.05, 4.69) is 11.6 Å². The van der Waals surface area contributed by atoms with Crippen LogP contribution in [0, 0.1) is 0 Å². The molecular formula is C11H15N3O4. The molecule has 0 saturated carbocycles. The van der Waals surface area contributed by atoms with Gasteiger partial charge in [-0.1, -0.05) is 6.08 Å². The second kappa shape index (κ2) is 5.76. The molecule has 18 heavy (non-hydrogen) atoms. The first kappa shape index (κ1) is 12.7. The Labute approximate surface area is 104 Å². The summed E-state index contributed by atoms with van der Waals surface area (Å²) in [5, 5.41) is 0. The van der Waals surface area contributed by atoms with Crippen molar-refractivity contribution in [2.45, 2.75) is 12.5 Å². The number of rotatable bonds is 5. The highest BCUT2D eigenvalue weighted by Crippen LogP contribution is 2.19. The second-order valence-electron chi connectivity index (χ2n) is 3.72. The molecule has 0 aromatic carbocycles. The molecule has 2 N–H and O–H groups in total. The Hall–Kier alpha value is -1.70. The summed E-state index contributed by atoms with van der Waals surface area (Å²) in [7, 11) is 0. The Morgan fingerprint density at radius 2 is 2.56 bits per heavy atom. The molecule has 98 valence electrons. The molecule has 7 nitrogen and oxygen atoms in total. The molecule has 1 aliphatic heterocycles. The Kier molecular flexibility index (Phi) is 4.08. The van der Waals surface area contributed by atoms with Crippen molar-refractivity contribution < 1.29 is 14.2 Å². The van der Waals surface area contributed by atoms with E-state index in [4.69, 9.17) is 19.9 Å². The second-order valence-corrected chi connectivity index (χ2v) is 3.72. The quantitative estimate of drug-likeness (QED) is 0.582. The van der Waals surface area contributed by atoms with Crippen molar-refractivity contribution in [2.75, 3.05) is 25.6 Å². The van der Waals surface area contributed by atoms with Crippen LogP contribution in [0.2, 0.25) is 0 Å². The first-order chi connectivity index (χ1) is 8.70. The SMILES string of the molecule is C=CCOCC1OCC(n2ccc(N)nc2=O)O1. The summed E-state index contributed by atoms with van der Waals surface area (Å²) in [6.07, 6.45) is 2.19. The third-order valence-electron chi connectivity index (χ3n) is 2.38. The standard InChI is InChI=1S/C11H15N3O4/c1-2-5-16-7-10-17-6-9(18-10)14-4-3-8(12)13-11(14)15/h2-4,9-10H,1,5-7H2,(H2,12,13,15). The van der Waals surface area contributed by atoms with Crippen LogP contribution in [0.3, 0.4) is 0 Å². The van der Waals surface area contributed by atoms with Gasteiger partial charge in [-0.15, -0.1) is 6.58 Å². The van der Waals surface area contributed by atoms with E-state index in [0.717, 1.165) is 0 Å². The van der Waals surface area contributed by atoms with E-state index in [9.17, 15) is 4.79 Å². The average molecular weight is 253 g/mol. The Morgan fingerprint density at radius 1 is 1.72 bits per heavy atom. The smallest absolute Gasteiger partial charge is 0.351 e. The zero-order valence-electron chi connectivity index (χ0n) is 9.82. The van der Waals surface area contributed by atoms with Crippen LogP contribution < -0.4 is 11.4 Å². The fourth-order valence-electron chi connectivity index (χ4n) is 1.57. The lowest BCUT2D eigenvalue weighted by Crippen LogP contribution is -2.28. The van der Waals surface area contributed by atoms with E-state index in [-0.39, 0.29) is 12.4 Å². The third kappa shape index (κ3) is 2.95. The molecule has 2 rings (SSSR count). The van der Waals surface area contributed by atoms with Gasteiger partial charge in [-0.2, -0.15) is 4.98 Å². The number of aromatic nitrogens is 2. The lowest BCUT2D eigenvalue weighted by molar-refractivity contribution is -0.111. The largest absolute Gasteiger partial charge is 0.383 e. The lowest BCUT2D eigenvalue weighted by atomic mass is 10.5. The van der Waals surface area contributed by atoms with Gasteiger partial charge in [-0.25, -0.2) is 4.79 Å². The summed E-state index contributed by atoms with van der Waals surface area (Å²) in [5.41, 5.74) is 4.95. The van der Waals surface area contributed by atoms with Crippen molar-refractivity contribution in [3.05, 3.63) is 35.4 Å². The topological polar surface area (TPSA) is 88.6 Å². The minimum atomic E-state index is -0.497. The number of ether oxygens (including phenoxy) is 3. The van der Waals surface area contributed by atoms with Crippen molar-refractivity contribution in [1.82, 2.24) is 9.55 Å². The van der Waals surface area contributed by atoms with Crippen LogP contribution in [-0.4, -0.2) is 35.7 Å². The monoisotopic (exact) mass is 253 g/mol. The predicted molar refractivity (Wildman–Crippen MR) is 63.8 cm³/mol. The molecule has 1 aromatic rings. The summed E-state index contributed by atoms with van der Waals surface area (Å²) >= 11 is 0. The summed E-state index contributed by atoms with van der Waals surface area (Å²) < 4.78 is 17.4. The van der Waals surface area contributed by atoms with E-state index in [0.29, 0.717) is 13.2 Å². The first-order valence-electron chi connectivity index (χ1n) is 5.51. The number of hydrogen-bond donors (Lipinski definition) is 1. The maximum absolute atomic E-state index is 11.6. The van der Waals surface area contributed by atoms with E-state index in [1.807, 2.05) is 0 Å². The molecule has 2 atom stereocenters. The highest BCUT2D eigenvalue weighted by Gasteiger charge is 2.28. The predicted octanol–water partition coefficient (Wildman–Crippen LogP) is -0.100. The molecule has 1 fully saturated rings. The van der Waals surface area contributed by atoms with E-state index in [1.165, 1.54) is 16.8 Å². The normalized spacial score (nSPS) is 23.1. The molecule has 0 radical (unpaired) electrons. The van der Waals surface area contributed by atoms with Crippen molar-refractivity contribution in [3.8, 4) is 0 Å². The van der Waals surface area contributed by atoms with Gasteiger partial charge in [0.15, 0.2) is 12.5 Å². The van der Waals surface area contributed by atoms with Gasteiger partial charge in [0.2, 0.25) is 0 Å². The van der Waals surface area contributed by atoms with Crippen molar-refractivity contribution >= 4 is 5.82 Å². The minimum Gasteiger partial charge on any atom is -0.383 e. The molecule has 2 unspecified atom stereocenters. The Balaban J connectivity index is 1.95. The maximum atomic E-state index is 11.6. The van der Waals surface area contributed by atoms with Crippen LogP contribution in [0.1, 0.15) is 6.23 Å². The molecule has 1 aromatic heterocycles. The van der Waals surface area contributed by atoms with Crippen molar-refractivity contribution in [3.63, 3.8) is 0 Å². The molecule has 2 heterocycles. The molecule has 1 aliphatic rings. The van der Waals surface area contributed by atoms with Gasteiger partial charge in [0.25, 0.3) is 0 Å². The van der Waals surface area contributed by atoms with Gasteiger partial charge in [0, 0.05) is 6.20 Å². The molecule has 0 aliphatic carbocycles. The lowest BCUT2D eigenvalue weighted by Gasteiger charge is -2.13. The summed E-state index contributed by atoms with van der Waals surface area (Å²) in [6.45, 7) is 4.53. The fourth-order valence-corrected chi connectivity index (χ4v) is 1.57.